The molecule has 8 nitrogen and oxygen atoms in total. The highest BCUT2D eigenvalue weighted by Crippen LogP contribution is 2.34. The van der Waals surface area contributed by atoms with E-state index < -0.39 is 11.9 Å². The molecule has 1 N–H and O–H groups in total. The van der Waals surface area contributed by atoms with Crippen molar-refractivity contribution in [2.45, 2.75) is 44.0 Å². The van der Waals surface area contributed by atoms with Gasteiger partial charge in [0.05, 0.1) is 13.2 Å². The third-order valence-electron chi connectivity index (χ3n) is 6.87. The predicted octanol–water partition coefficient (Wildman–Crippen LogP) is -0.221. The molecule has 3 aliphatic heterocycles. The maximum Gasteiger partial charge on any atom is 0.255 e. The van der Waals surface area contributed by atoms with Crippen molar-refractivity contribution < 1.29 is 23.9 Å². The number of ether oxygens (including phenoxy) is 2. The Kier molecular flexibility index (Phi) is 6.42. The van der Waals surface area contributed by atoms with E-state index in [1.807, 2.05) is 6.07 Å². The molecule has 2 aromatic carbocycles. The fourth-order valence-corrected chi connectivity index (χ4v) is 5.10. The number of nitrogens with one attached hydrogen (secondary N) is 1. The van der Waals surface area contributed by atoms with E-state index in [4.69, 9.17) is 9.47 Å². The maximum atomic E-state index is 13.0. The van der Waals surface area contributed by atoms with Crippen LogP contribution >= 0.6 is 0 Å². The lowest BCUT2D eigenvalue weighted by atomic mass is 9.64. The minimum atomic E-state index is -0.634. The Balaban J connectivity index is 1.22. The molecule has 0 aromatic heterocycles. The van der Waals surface area contributed by atoms with E-state index in [0.717, 1.165) is 37.4 Å². The van der Waals surface area contributed by atoms with Crippen molar-refractivity contribution in [3.63, 3.8) is 0 Å². The molecule has 3 heterocycles. The van der Waals surface area contributed by atoms with E-state index in [0.29, 0.717) is 30.9 Å². The van der Waals surface area contributed by atoms with Crippen molar-refractivity contribution in [3.05, 3.63) is 64.7 Å². The normalized spacial score (nSPS) is 22.1. The van der Waals surface area contributed by atoms with Crippen LogP contribution in [-0.4, -0.2) is 74.4 Å². The van der Waals surface area contributed by atoms with Gasteiger partial charge in [-0.3, -0.25) is 24.6 Å². The number of carbonyl (C=O) groups is 3. The second-order valence-electron chi connectivity index (χ2n) is 10.1. The maximum absolute atomic E-state index is 13.0. The first-order valence-electron chi connectivity index (χ1n) is 12.1. The molecule has 0 saturated carbocycles. The van der Waals surface area contributed by atoms with Gasteiger partial charge in [0, 0.05) is 42.6 Å². The van der Waals surface area contributed by atoms with Gasteiger partial charge in [-0.25, -0.2) is 0 Å². The SMILES string of the molecule is BC1(B)CN(Cc2ccc(COc3cccc4c3CN(C3CCC(=O)NC3=O)C4=O)cc2)CCO1. The molecule has 1 atom stereocenters. The van der Waals surface area contributed by atoms with Gasteiger partial charge < -0.3 is 14.4 Å². The van der Waals surface area contributed by atoms with Crippen LogP contribution in [0.2, 0.25) is 0 Å². The Bertz CT molecular complexity index is 1150. The molecule has 180 valence electrons. The van der Waals surface area contributed by atoms with Crippen LogP contribution < -0.4 is 10.1 Å². The van der Waals surface area contributed by atoms with Crippen LogP contribution in [0.15, 0.2) is 42.5 Å². The average Bonchev–Trinajstić information content (AvgIpc) is 3.15. The number of amides is 3. The highest BCUT2D eigenvalue weighted by molar-refractivity contribution is 6.39. The van der Waals surface area contributed by atoms with Gasteiger partial charge in [0.1, 0.15) is 34.1 Å². The minimum absolute atomic E-state index is 0.114. The summed E-state index contributed by atoms with van der Waals surface area (Å²) in [5, 5.41) is 2.22. The van der Waals surface area contributed by atoms with Crippen LogP contribution in [0.5, 0.6) is 5.75 Å². The lowest BCUT2D eigenvalue weighted by Gasteiger charge is -2.38. The highest BCUT2D eigenvalue weighted by atomic mass is 16.5. The molecule has 2 saturated heterocycles. The number of hydrogen-bond donors (Lipinski definition) is 1. The van der Waals surface area contributed by atoms with Crippen molar-refractivity contribution in [2.24, 2.45) is 0 Å². The van der Waals surface area contributed by atoms with Gasteiger partial charge in [-0.2, -0.15) is 0 Å². The Labute approximate surface area is 206 Å². The van der Waals surface area contributed by atoms with E-state index in [9.17, 15) is 14.4 Å². The van der Waals surface area contributed by atoms with Crippen molar-refractivity contribution in [3.8, 4) is 5.75 Å². The lowest BCUT2D eigenvalue weighted by molar-refractivity contribution is -0.136. The predicted molar refractivity (Wildman–Crippen MR) is 134 cm³/mol. The number of imide groups is 1. The monoisotopic (exact) mass is 473 g/mol. The summed E-state index contributed by atoms with van der Waals surface area (Å²) in [6.07, 6.45) is 0.577. The molecule has 0 radical (unpaired) electrons. The molecule has 3 aliphatic rings. The topological polar surface area (TPSA) is 88.2 Å². The van der Waals surface area contributed by atoms with Gasteiger partial charge in [0.25, 0.3) is 5.91 Å². The number of hydrogen-bond acceptors (Lipinski definition) is 6. The van der Waals surface area contributed by atoms with Crippen LogP contribution in [-0.2, 0) is 34.0 Å². The van der Waals surface area contributed by atoms with Crippen LogP contribution in [0, 0.1) is 0 Å². The Hall–Kier alpha value is -3.10. The molecule has 2 fully saturated rings. The molecule has 0 bridgehead atoms. The number of benzene rings is 2. The first kappa shape index (κ1) is 23.6. The minimum Gasteiger partial charge on any atom is -0.489 e. The lowest BCUT2D eigenvalue weighted by Crippen LogP contribution is -2.52. The summed E-state index contributed by atoms with van der Waals surface area (Å²) in [4.78, 5) is 40.7. The third-order valence-corrected chi connectivity index (χ3v) is 6.87. The molecular weight excluding hydrogens is 444 g/mol. The number of nitrogens with zero attached hydrogens (tertiary/aromatic N) is 2. The van der Waals surface area contributed by atoms with Crippen molar-refractivity contribution in [1.82, 2.24) is 15.1 Å². The summed E-state index contributed by atoms with van der Waals surface area (Å²) in [5.74, 6) is -0.259. The number of fused-ring (bicyclic) bond motifs is 1. The quantitative estimate of drug-likeness (QED) is 0.462. The fraction of sp³-hybridized carbons (Fsp3) is 0.400. The molecule has 0 aliphatic carbocycles. The first-order valence-corrected chi connectivity index (χ1v) is 12.1. The molecule has 0 spiro atoms. The number of piperidine rings is 1. The Morgan fingerprint density at radius 1 is 1.09 bits per heavy atom. The van der Waals surface area contributed by atoms with Crippen LogP contribution in [0.4, 0.5) is 0 Å². The molecule has 1 unspecified atom stereocenters. The van der Waals surface area contributed by atoms with Gasteiger partial charge in [0.15, 0.2) is 0 Å². The Morgan fingerprint density at radius 3 is 2.60 bits per heavy atom. The van der Waals surface area contributed by atoms with E-state index in [2.05, 4.69) is 50.2 Å². The van der Waals surface area contributed by atoms with E-state index in [1.165, 1.54) is 5.56 Å². The number of rotatable bonds is 6. The Morgan fingerprint density at radius 2 is 1.86 bits per heavy atom. The molecule has 3 amide bonds. The largest absolute Gasteiger partial charge is 0.489 e. The molecule has 5 rings (SSSR count). The second kappa shape index (κ2) is 9.51. The average molecular weight is 473 g/mol. The molecular formula is C25H29B2N3O5. The summed E-state index contributed by atoms with van der Waals surface area (Å²) >= 11 is 0. The summed E-state index contributed by atoms with van der Waals surface area (Å²) in [7, 11) is 4.25. The van der Waals surface area contributed by atoms with E-state index in [-0.39, 0.29) is 23.6 Å². The van der Waals surface area contributed by atoms with Crippen molar-refractivity contribution in [1.29, 1.82) is 0 Å². The zero-order chi connectivity index (χ0) is 24.6. The summed E-state index contributed by atoms with van der Waals surface area (Å²) in [6, 6.07) is 13.2. The van der Waals surface area contributed by atoms with Crippen molar-refractivity contribution >= 4 is 33.4 Å². The van der Waals surface area contributed by atoms with Gasteiger partial charge in [-0.15, -0.1) is 0 Å². The van der Waals surface area contributed by atoms with E-state index in [1.54, 1.807) is 17.0 Å². The van der Waals surface area contributed by atoms with Crippen LogP contribution in [0.25, 0.3) is 0 Å². The smallest absolute Gasteiger partial charge is 0.255 e. The molecule has 35 heavy (non-hydrogen) atoms. The van der Waals surface area contributed by atoms with Crippen LogP contribution in [0.3, 0.4) is 0 Å². The van der Waals surface area contributed by atoms with Crippen molar-refractivity contribution in [2.75, 3.05) is 19.7 Å². The third kappa shape index (κ3) is 5.13. The highest BCUT2D eigenvalue weighted by Gasteiger charge is 2.40. The van der Waals surface area contributed by atoms with Crippen LogP contribution in [0.1, 0.15) is 39.9 Å². The standard InChI is InChI=1S/C25H29B2N3O5/c26-25(27)15-29(10-11-35-25)12-16-4-6-17(7-5-16)14-34-21-3-1-2-18-19(21)13-30(24(18)33)20-8-9-22(31)28-23(20)32/h1-7,20H,8-15,26-27H2,(H,28,31,32). The van der Waals surface area contributed by atoms with Gasteiger partial charge in [0.2, 0.25) is 11.8 Å². The van der Waals surface area contributed by atoms with Gasteiger partial charge in [-0.1, -0.05) is 30.3 Å². The van der Waals surface area contributed by atoms with Gasteiger partial charge >= 0.3 is 0 Å². The summed E-state index contributed by atoms with van der Waals surface area (Å²) < 4.78 is 11.9. The zero-order valence-electron chi connectivity index (χ0n) is 20.2. The summed E-state index contributed by atoms with van der Waals surface area (Å²) in [6.45, 7) is 4.16. The number of carbonyl (C=O) groups excluding carboxylic acids is 3. The zero-order valence-corrected chi connectivity index (χ0v) is 20.2. The number of morpholine rings is 1. The van der Waals surface area contributed by atoms with E-state index >= 15 is 0 Å². The summed E-state index contributed by atoms with van der Waals surface area (Å²) in [5.41, 5.74) is 3.63. The first-order chi connectivity index (χ1) is 16.8. The molecule has 10 heteroatoms. The fourth-order valence-electron chi connectivity index (χ4n) is 5.10. The second-order valence-corrected chi connectivity index (χ2v) is 10.1. The van der Waals surface area contributed by atoms with Gasteiger partial charge in [-0.05, 0) is 29.7 Å². The molecule has 2 aromatic rings.